The van der Waals surface area contributed by atoms with E-state index < -0.39 is 5.60 Å². The molecule has 1 aliphatic rings. The van der Waals surface area contributed by atoms with Gasteiger partial charge in [0.25, 0.3) is 0 Å². The summed E-state index contributed by atoms with van der Waals surface area (Å²) in [4.78, 5) is 16.0. The largest absolute Gasteiger partial charge is 0.444 e. The molecule has 1 aliphatic heterocycles. The lowest BCUT2D eigenvalue weighted by Crippen LogP contribution is -2.52. The van der Waals surface area contributed by atoms with E-state index in [1.165, 1.54) is 0 Å². The average Bonchev–Trinajstić information content (AvgIpc) is 2.36. The number of piperazine rings is 1. The second-order valence-corrected chi connectivity index (χ2v) is 6.21. The SMILES string of the molecule is C/C(C#N)=C\C(C)N1CCN(C(=O)OC(C)(C)C)CC1. The highest BCUT2D eigenvalue weighted by Gasteiger charge is 2.26. The van der Waals surface area contributed by atoms with Gasteiger partial charge >= 0.3 is 6.09 Å². The Hall–Kier alpha value is -1.54. The van der Waals surface area contributed by atoms with E-state index in [4.69, 9.17) is 10.00 Å². The molecule has 1 heterocycles. The van der Waals surface area contributed by atoms with Crippen LogP contribution in [0.4, 0.5) is 4.79 Å². The molecule has 112 valence electrons. The number of carbonyl (C=O) groups excluding carboxylic acids is 1. The fourth-order valence-electron chi connectivity index (χ4n) is 2.14. The van der Waals surface area contributed by atoms with Crippen molar-refractivity contribution in [3.63, 3.8) is 0 Å². The van der Waals surface area contributed by atoms with Gasteiger partial charge in [-0.05, 0) is 34.6 Å². The van der Waals surface area contributed by atoms with E-state index in [-0.39, 0.29) is 12.1 Å². The van der Waals surface area contributed by atoms with Crippen molar-refractivity contribution < 1.29 is 9.53 Å². The van der Waals surface area contributed by atoms with Crippen LogP contribution >= 0.6 is 0 Å². The average molecular weight is 279 g/mol. The fourth-order valence-corrected chi connectivity index (χ4v) is 2.14. The minimum absolute atomic E-state index is 0.218. The minimum Gasteiger partial charge on any atom is -0.444 e. The third-order valence-corrected chi connectivity index (χ3v) is 3.21. The molecule has 0 saturated carbocycles. The summed E-state index contributed by atoms with van der Waals surface area (Å²) in [6.07, 6.45) is 1.72. The number of nitrogens with zero attached hydrogens (tertiary/aromatic N) is 3. The first kappa shape index (κ1) is 16.5. The van der Waals surface area contributed by atoms with Gasteiger partial charge in [0, 0.05) is 37.8 Å². The van der Waals surface area contributed by atoms with Gasteiger partial charge in [0.1, 0.15) is 5.60 Å². The van der Waals surface area contributed by atoms with Crippen molar-refractivity contribution in [2.24, 2.45) is 0 Å². The molecule has 0 N–H and O–H groups in total. The maximum Gasteiger partial charge on any atom is 0.410 e. The van der Waals surface area contributed by atoms with Crippen molar-refractivity contribution >= 4 is 6.09 Å². The minimum atomic E-state index is -0.450. The van der Waals surface area contributed by atoms with Crippen LogP contribution in [0.2, 0.25) is 0 Å². The number of carbonyl (C=O) groups is 1. The van der Waals surface area contributed by atoms with Gasteiger partial charge in [-0.1, -0.05) is 6.08 Å². The first-order chi connectivity index (χ1) is 9.23. The molecule has 0 aromatic carbocycles. The number of allylic oxidation sites excluding steroid dienone is 1. The quantitative estimate of drug-likeness (QED) is 0.728. The summed E-state index contributed by atoms with van der Waals surface area (Å²) in [5.74, 6) is 0. The predicted octanol–water partition coefficient (Wildman–Crippen LogP) is 2.40. The summed E-state index contributed by atoms with van der Waals surface area (Å²) >= 11 is 0. The Morgan fingerprint density at radius 1 is 1.30 bits per heavy atom. The number of amides is 1. The summed E-state index contributed by atoms with van der Waals surface area (Å²) in [7, 11) is 0. The van der Waals surface area contributed by atoms with E-state index in [0.717, 1.165) is 18.7 Å². The molecule has 1 fully saturated rings. The van der Waals surface area contributed by atoms with Gasteiger partial charge in [-0.2, -0.15) is 5.26 Å². The molecule has 5 nitrogen and oxygen atoms in total. The normalized spacial score (nSPS) is 19.4. The number of rotatable bonds is 2. The van der Waals surface area contributed by atoms with E-state index in [1.807, 2.05) is 33.8 Å². The van der Waals surface area contributed by atoms with E-state index in [2.05, 4.69) is 17.9 Å². The van der Waals surface area contributed by atoms with E-state index in [0.29, 0.717) is 13.1 Å². The van der Waals surface area contributed by atoms with E-state index in [1.54, 1.807) is 4.90 Å². The third kappa shape index (κ3) is 5.22. The van der Waals surface area contributed by atoms with Gasteiger partial charge in [-0.15, -0.1) is 0 Å². The van der Waals surface area contributed by atoms with Crippen molar-refractivity contribution in [2.75, 3.05) is 26.2 Å². The van der Waals surface area contributed by atoms with Crippen LogP contribution in [-0.4, -0.2) is 53.7 Å². The molecule has 1 unspecified atom stereocenters. The third-order valence-electron chi connectivity index (χ3n) is 3.21. The molecule has 1 rings (SSSR count). The van der Waals surface area contributed by atoms with Crippen molar-refractivity contribution in [3.8, 4) is 6.07 Å². The van der Waals surface area contributed by atoms with Crippen LogP contribution in [0.3, 0.4) is 0 Å². The Morgan fingerprint density at radius 2 is 1.85 bits per heavy atom. The van der Waals surface area contributed by atoms with Crippen LogP contribution in [0.1, 0.15) is 34.6 Å². The fraction of sp³-hybridized carbons (Fsp3) is 0.733. The van der Waals surface area contributed by atoms with Crippen LogP contribution in [0.25, 0.3) is 0 Å². The maximum absolute atomic E-state index is 11.9. The molecule has 0 spiro atoms. The Labute approximate surface area is 121 Å². The number of hydrogen-bond donors (Lipinski definition) is 0. The Morgan fingerprint density at radius 3 is 2.30 bits per heavy atom. The Kier molecular flexibility index (Phi) is 5.58. The molecule has 0 bridgehead atoms. The first-order valence-electron chi connectivity index (χ1n) is 7.03. The van der Waals surface area contributed by atoms with Crippen molar-refractivity contribution in [1.82, 2.24) is 9.80 Å². The highest BCUT2D eigenvalue weighted by atomic mass is 16.6. The molecule has 0 aromatic heterocycles. The highest BCUT2D eigenvalue weighted by molar-refractivity contribution is 5.68. The second kappa shape index (κ2) is 6.76. The number of ether oxygens (including phenoxy) is 1. The predicted molar refractivity (Wildman–Crippen MR) is 78.2 cm³/mol. The summed E-state index contributed by atoms with van der Waals surface area (Å²) in [6, 6.07) is 2.36. The van der Waals surface area contributed by atoms with E-state index >= 15 is 0 Å². The van der Waals surface area contributed by atoms with Crippen molar-refractivity contribution in [1.29, 1.82) is 5.26 Å². The van der Waals surface area contributed by atoms with Gasteiger partial charge in [-0.3, -0.25) is 4.90 Å². The lowest BCUT2D eigenvalue weighted by molar-refractivity contribution is 0.0128. The number of hydrogen-bond acceptors (Lipinski definition) is 4. The summed E-state index contributed by atoms with van der Waals surface area (Å²) in [5, 5.41) is 8.80. The standard InChI is InChI=1S/C15H25N3O2/c1-12(11-16)10-13(2)17-6-8-18(9-7-17)14(19)20-15(3,4)5/h10,13H,6-9H2,1-5H3/b12-10+. The molecule has 5 heteroatoms. The molecule has 20 heavy (non-hydrogen) atoms. The summed E-state index contributed by atoms with van der Waals surface area (Å²) in [6.45, 7) is 12.4. The van der Waals surface area contributed by atoms with Crippen molar-refractivity contribution in [3.05, 3.63) is 11.6 Å². The molecule has 0 radical (unpaired) electrons. The van der Waals surface area contributed by atoms with Crippen LogP contribution in [-0.2, 0) is 4.74 Å². The van der Waals surface area contributed by atoms with E-state index in [9.17, 15) is 4.79 Å². The molecular weight excluding hydrogens is 254 g/mol. The van der Waals surface area contributed by atoms with Gasteiger partial charge in [0.15, 0.2) is 0 Å². The Bertz CT molecular complexity index is 410. The molecular formula is C15H25N3O2. The van der Waals surface area contributed by atoms with Crippen LogP contribution < -0.4 is 0 Å². The molecule has 1 saturated heterocycles. The summed E-state index contributed by atoms with van der Waals surface area (Å²) < 4.78 is 5.37. The lowest BCUT2D eigenvalue weighted by Gasteiger charge is -2.37. The van der Waals surface area contributed by atoms with Crippen LogP contribution in [0.15, 0.2) is 11.6 Å². The molecule has 1 amide bonds. The van der Waals surface area contributed by atoms with Crippen LogP contribution in [0.5, 0.6) is 0 Å². The second-order valence-electron chi connectivity index (χ2n) is 6.21. The molecule has 0 aliphatic carbocycles. The summed E-state index contributed by atoms with van der Waals surface area (Å²) in [5.41, 5.74) is 0.279. The zero-order valence-corrected chi connectivity index (χ0v) is 13.1. The highest BCUT2D eigenvalue weighted by Crippen LogP contribution is 2.13. The van der Waals surface area contributed by atoms with Gasteiger partial charge in [0.2, 0.25) is 0 Å². The van der Waals surface area contributed by atoms with Gasteiger partial charge in [-0.25, -0.2) is 4.79 Å². The Balaban J connectivity index is 2.48. The topological polar surface area (TPSA) is 56.6 Å². The van der Waals surface area contributed by atoms with Gasteiger partial charge < -0.3 is 9.64 Å². The van der Waals surface area contributed by atoms with Gasteiger partial charge in [0.05, 0.1) is 6.07 Å². The van der Waals surface area contributed by atoms with Crippen molar-refractivity contribution in [2.45, 2.75) is 46.3 Å². The first-order valence-corrected chi connectivity index (χ1v) is 7.03. The number of nitriles is 1. The molecule has 0 aromatic rings. The van der Waals surface area contributed by atoms with Crippen LogP contribution in [0, 0.1) is 11.3 Å². The zero-order valence-electron chi connectivity index (χ0n) is 13.1. The smallest absolute Gasteiger partial charge is 0.410 e. The maximum atomic E-state index is 11.9. The molecule has 1 atom stereocenters. The lowest BCUT2D eigenvalue weighted by atomic mass is 10.1. The monoisotopic (exact) mass is 279 g/mol. The zero-order chi connectivity index (χ0) is 15.3.